The van der Waals surface area contributed by atoms with E-state index in [9.17, 15) is 38.4 Å². The number of unbranched alkanes of at least 4 members (excludes halogenated alkanes) is 17. The van der Waals surface area contributed by atoms with Crippen molar-refractivity contribution < 1.29 is 66.4 Å². The summed E-state index contributed by atoms with van der Waals surface area (Å²) >= 11 is 0. The SMILES string of the molecule is CC(C)(C)OC(=O)[C@H](CCC(=O)NCCOCCOCC(=O)NCCCC[C@H](NC(=O)OCc1ccccc1)C(=O)O)NC(=O)CCCCCCCCCCCCCCCCCCCP(=O)(OC(C)(C)C)OC(C)(C)C. The third kappa shape index (κ3) is 42.0. The predicted molar refractivity (Wildman–Crippen MR) is 297 cm³/mol. The molecule has 5 N–H and O–H groups in total. The molecule has 0 spiro atoms. The summed E-state index contributed by atoms with van der Waals surface area (Å²) in [6, 6.07) is 6.97. The predicted octanol–water partition coefficient (Wildman–Crippen LogP) is 11.3. The molecule has 0 unspecified atom stereocenters. The lowest BCUT2D eigenvalue weighted by atomic mass is 10.0. The van der Waals surface area contributed by atoms with Gasteiger partial charge in [-0.15, -0.1) is 0 Å². The first-order valence-electron chi connectivity index (χ1n) is 28.3. The number of hydrogen-bond donors (Lipinski definition) is 5. The molecule has 76 heavy (non-hydrogen) atoms. The van der Waals surface area contributed by atoms with Crippen LogP contribution in [0.15, 0.2) is 30.3 Å². The van der Waals surface area contributed by atoms with Crippen LogP contribution in [0.3, 0.4) is 0 Å². The molecule has 18 nitrogen and oxygen atoms in total. The fraction of sp³-hybridized carbons (Fsp3) is 0.789. The zero-order valence-corrected chi connectivity index (χ0v) is 49.1. The van der Waals surface area contributed by atoms with E-state index in [-0.39, 0.29) is 76.6 Å². The fourth-order valence-electron chi connectivity index (χ4n) is 8.00. The molecule has 1 rings (SSSR count). The van der Waals surface area contributed by atoms with Crippen molar-refractivity contribution in [1.82, 2.24) is 21.3 Å². The molecule has 0 bridgehead atoms. The number of hydrogen-bond acceptors (Lipinski definition) is 13. The molecule has 0 saturated heterocycles. The number of alkyl carbamates (subject to hydrolysis) is 1. The number of esters is 1. The van der Waals surface area contributed by atoms with Gasteiger partial charge in [0.2, 0.25) is 17.7 Å². The molecule has 1 aromatic carbocycles. The molecule has 19 heteroatoms. The van der Waals surface area contributed by atoms with E-state index >= 15 is 0 Å². The number of carbonyl (C=O) groups is 6. The lowest BCUT2D eigenvalue weighted by molar-refractivity contribution is -0.159. The summed E-state index contributed by atoms with van der Waals surface area (Å²) in [5.74, 6) is -2.63. The summed E-state index contributed by atoms with van der Waals surface area (Å²) < 4.78 is 46.6. The number of amides is 4. The lowest BCUT2D eigenvalue weighted by Gasteiger charge is -2.32. The molecule has 0 aliphatic rings. The number of carboxylic acids is 1. The zero-order chi connectivity index (χ0) is 56.7. The summed E-state index contributed by atoms with van der Waals surface area (Å²) in [7, 11) is -3.14. The smallest absolute Gasteiger partial charge is 0.408 e. The Balaban J connectivity index is 2.11. The van der Waals surface area contributed by atoms with Gasteiger partial charge in [-0.1, -0.05) is 127 Å². The van der Waals surface area contributed by atoms with Crippen molar-refractivity contribution in [2.75, 3.05) is 45.7 Å². The lowest BCUT2D eigenvalue weighted by Crippen LogP contribution is -2.44. The third-order valence-electron chi connectivity index (χ3n) is 11.6. The summed E-state index contributed by atoms with van der Waals surface area (Å²) in [4.78, 5) is 74.2. The minimum Gasteiger partial charge on any atom is -0.480 e. The van der Waals surface area contributed by atoms with E-state index in [4.69, 9.17) is 28.0 Å². The number of ether oxygens (including phenoxy) is 4. The molecule has 1 aromatic rings. The van der Waals surface area contributed by atoms with Crippen LogP contribution in [-0.2, 0) is 63.1 Å². The van der Waals surface area contributed by atoms with Crippen LogP contribution in [0.5, 0.6) is 0 Å². The van der Waals surface area contributed by atoms with Crippen LogP contribution >= 0.6 is 7.60 Å². The number of benzene rings is 1. The van der Waals surface area contributed by atoms with E-state index in [0.717, 1.165) is 50.5 Å². The molecule has 438 valence electrons. The Hall–Kier alpha value is -4.09. The van der Waals surface area contributed by atoms with Crippen molar-refractivity contribution >= 4 is 43.3 Å². The van der Waals surface area contributed by atoms with Gasteiger partial charge in [0, 0.05) is 25.9 Å². The van der Waals surface area contributed by atoms with E-state index in [1.54, 1.807) is 32.9 Å². The second-order valence-electron chi connectivity index (χ2n) is 22.7. The van der Waals surface area contributed by atoms with Gasteiger partial charge in [0.25, 0.3) is 0 Å². The first kappa shape index (κ1) is 69.9. The molecule has 0 aliphatic carbocycles. The molecule has 0 aliphatic heterocycles. The van der Waals surface area contributed by atoms with Gasteiger partial charge in [-0.25, -0.2) is 14.4 Å². The van der Waals surface area contributed by atoms with Crippen LogP contribution in [0.2, 0.25) is 0 Å². The Morgan fingerprint density at radius 1 is 0.526 bits per heavy atom. The number of aliphatic carboxylic acids is 1. The highest BCUT2D eigenvalue weighted by Crippen LogP contribution is 2.55. The van der Waals surface area contributed by atoms with Crippen molar-refractivity contribution in [2.24, 2.45) is 0 Å². The maximum atomic E-state index is 13.3. The van der Waals surface area contributed by atoms with E-state index in [0.29, 0.717) is 32.0 Å². The highest BCUT2D eigenvalue weighted by Gasteiger charge is 2.35. The average molecular weight is 1100 g/mol. The quantitative estimate of drug-likeness (QED) is 0.0232. The van der Waals surface area contributed by atoms with Crippen LogP contribution in [0.1, 0.15) is 216 Å². The number of rotatable bonds is 44. The van der Waals surface area contributed by atoms with Gasteiger partial charge in [-0.05, 0) is 106 Å². The first-order chi connectivity index (χ1) is 35.9. The topological polar surface area (TPSA) is 243 Å². The normalized spacial score (nSPS) is 12.9. The minimum atomic E-state index is -3.14. The second-order valence-corrected chi connectivity index (χ2v) is 24.7. The maximum absolute atomic E-state index is 13.3. The van der Waals surface area contributed by atoms with E-state index in [1.165, 1.54) is 64.2 Å². The van der Waals surface area contributed by atoms with Gasteiger partial charge in [-0.3, -0.25) is 18.9 Å². The van der Waals surface area contributed by atoms with E-state index < -0.39 is 54.5 Å². The van der Waals surface area contributed by atoms with Crippen molar-refractivity contribution in [3.8, 4) is 0 Å². The number of nitrogens with one attached hydrogen (secondary N) is 4. The van der Waals surface area contributed by atoms with Gasteiger partial charge in [-0.2, -0.15) is 0 Å². The summed E-state index contributed by atoms with van der Waals surface area (Å²) in [5.41, 5.74) is -0.991. The monoisotopic (exact) mass is 1100 g/mol. The summed E-state index contributed by atoms with van der Waals surface area (Å²) in [6.45, 7) is 17.7. The highest BCUT2D eigenvalue weighted by molar-refractivity contribution is 7.53. The van der Waals surface area contributed by atoms with Gasteiger partial charge >= 0.3 is 25.6 Å². The zero-order valence-electron chi connectivity index (χ0n) is 48.2. The molecule has 0 fully saturated rings. The van der Waals surface area contributed by atoms with Crippen molar-refractivity contribution in [3.63, 3.8) is 0 Å². The Labute approximate surface area is 456 Å². The number of carboxylic acid groups (broad SMARTS) is 1. The van der Waals surface area contributed by atoms with Gasteiger partial charge in [0.05, 0.1) is 37.2 Å². The van der Waals surface area contributed by atoms with Gasteiger partial charge < -0.3 is 54.4 Å². The maximum Gasteiger partial charge on any atom is 0.408 e. The van der Waals surface area contributed by atoms with Crippen molar-refractivity contribution in [1.29, 1.82) is 0 Å². The van der Waals surface area contributed by atoms with Crippen molar-refractivity contribution in [3.05, 3.63) is 35.9 Å². The Morgan fingerprint density at radius 2 is 1.04 bits per heavy atom. The Kier molecular flexibility index (Phi) is 36.9. The molecular formula is C57H101N4O14P. The van der Waals surface area contributed by atoms with Gasteiger partial charge in [0.1, 0.15) is 30.9 Å². The molecule has 0 heterocycles. The first-order valence-corrected chi connectivity index (χ1v) is 30.0. The third-order valence-corrected chi connectivity index (χ3v) is 14.1. The van der Waals surface area contributed by atoms with Crippen LogP contribution in [0.4, 0.5) is 4.79 Å². The fourth-order valence-corrected chi connectivity index (χ4v) is 10.5. The van der Waals surface area contributed by atoms with Gasteiger partial charge in [0.15, 0.2) is 0 Å². The minimum absolute atomic E-state index is 0.00105. The largest absolute Gasteiger partial charge is 0.480 e. The average Bonchev–Trinajstić information content (AvgIpc) is 3.31. The number of carbonyl (C=O) groups excluding carboxylic acids is 5. The molecule has 0 radical (unpaired) electrons. The molecular weight excluding hydrogens is 996 g/mol. The molecule has 0 saturated carbocycles. The Bertz CT molecular complexity index is 1800. The molecule has 0 aromatic heterocycles. The van der Waals surface area contributed by atoms with Crippen LogP contribution in [-0.4, -0.2) is 115 Å². The highest BCUT2D eigenvalue weighted by atomic mass is 31.2. The van der Waals surface area contributed by atoms with Crippen molar-refractivity contribution in [2.45, 2.75) is 245 Å². The summed E-state index contributed by atoms with van der Waals surface area (Å²) in [6.07, 6.45) is 20.6. The van der Waals surface area contributed by atoms with Crippen LogP contribution in [0, 0.1) is 0 Å². The van der Waals surface area contributed by atoms with Crippen LogP contribution < -0.4 is 21.3 Å². The molecule has 4 amide bonds. The Morgan fingerprint density at radius 3 is 1.57 bits per heavy atom. The summed E-state index contributed by atoms with van der Waals surface area (Å²) in [5, 5.41) is 20.1. The van der Waals surface area contributed by atoms with Crippen LogP contribution in [0.25, 0.3) is 0 Å². The van der Waals surface area contributed by atoms with E-state index in [2.05, 4.69) is 21.3 Å². The van der Waals surface area contributed by atoms with E-state index in [1.807, 2.05) is 59.7 Å². The molecule has 2 atom stereocenters. The second kappa shape index (κ2) is 40.1. The standard InChI is InChI=1S/C57H101N4O14P/c1-55(2,3)73-53(67)48(60-50(63)35-28-23-21-19-17-15-13-11-10-12-14-16-18-20-22-24-31-43-76(69,74-56(4,5)6)75-57(7,8)9)36-37-49(62)59-39-40-70-41-42-71-45-51(64)58-38-30-29-34-47(52(65)66)61-54(68)72-44-46-32-26-25-27-33-46/h25-27,32-33,47-48H,10-24,28-31,34-45H2,1-9H3,(H,58,64)(H,59,62)(H,60,63)(H,61,68)(H,65,66)/t47-,48-/m0/s1.